The van der Waals surface area contributed by atoms with Crippen molar-refractivity contribution >= 4 is 16.8 Å². The molecule has 1 saturated heterocycles. The lowest BCUT2D eigenvalue weighted by Gasteiger charge is -2.26. The van der Waals surface area contributed by atoms with Crippen LogP contribution in [-0.4, -0.2) is 54.8 Å². The minimum atomic E-state index is 0.0311. The van der Waals surface area contributed by atoms with Gasteiger partial charge in [0.25, 0.3) is 5.91 Å². The zero-order chi connectivity index (χ0) is 17.2. The van der Waals surface area contributed by atoms with Crippen molar-refractivity contribution in [2.24, 2.45) is 7.05 Å². The Morgan fingerprint density at radius 2 is 2.00 bits per heavy atom. The molecule has 5 heteroatoms. The van der Waals surface area contributed by atoms with Crippen LogP contribution in [0.2, 0.25) is 0 Å². The first kappa shape index (κ1) is 16.6. The Kier molecular flexibility index (Phi) is 4.77. The molecule has 2 aromatic rings. The molecule has 1 aliphatic carbocycles. The maximum absolute atomic E-state index is 12.5. The predicted octanol–water partition coefficient (Wildman–Crippen LogP) is 2.12. The van der Waals surface area contributed by atoms with Gasteiger partial charge < -0.3 is 14.6 Å². The number of morpholine rings is 1. The second-order valence-electron chi connectivity index (χ2n) is 7.13. The summed E-state index contributed by atoms with van der Waals surface area (Å²) in [6, 6.07) is 6.14. The first-order valence-electron chi connectivity index (χ1n) is 9.42. The maximum Gasteiger partial charge on any atom is 0.251 e. The number of fused-ring (bicyclic) bond motifs is 3. The molecule has 1 aromatic carbocycles. The van der Waals surface area contributed by atoms with Crippen molar-refractivity contribution < 1.29 is 9.53 Å². The van der Waals surface area contributed by atoms with Crippen LogP contribution < -0.4 is 5.32 Å². The van der Waals surface area contributed by atoms with E-state index in [-0.39, 0.29) is 5.91 Å². The minimum Gasteiger partial charge on any atom is -0.379 e. The Morgan fingerprint density at radius 1 is 1.20 bits per heavy atom. The Bertz CT molecular complexity index is 775. The van der Waals surface area contributed by atoms with E-state index < -0.39 is 0 Å². The SMILES string of the molecule is Cn1c2c(c3cc(C(=O)NCCN4CCOCC4)ccc31)CCCC2. The van der Waals surface area contributed by atoms with Crippen molar-refractivity contribution in [2.45, 2.75) is 25.7 Å². The maximum atomic E-state index is 12.5. The number of ether oxygens (including phenoxy) is 1. The lowest BCUT2D eigenvalue weighted by Crippen LogP contribution is -2.41. The van der Waals surface area contributed by atoms with E-state index in [1.54, 1.807) is 0 Å². The van der Waals surface area contributed by atoms with Gasteiger partial charge in [0.2, 0.25) is 0 Å². The van der Waals surface area contributed by atoms with E-state index in [0.29, 0.717) is 6.54 Å². The van der Waals surface area contributed by atoms with Gasteiger partial charge >= 0.3 is 0 Å². The second-order valence-corrected chi connectivity index (χ2v) is 7.13. The van der Waals surface area contributed by atoms with E-state index in [4.69, 9.17) is 4.74 Å². The molecule has 0 atom stereocenters. The highest BCUT2D eigenvalue weighted by Crippen LogP contribution is 2.31. The van der Waals surface area contributed by atoms with Crippen LogP contribution in [0.5, 0.6) is 0 Å². The number of hydrogen-bond acceptors (Lipinski definition) is 3. The molecule has 1 fully saturated rings. The van der Waals surface area contributed by atoms with Crippen LogP contribution >= 0.6 is 0 Å². The molecule has 25 heavy (non-hydrogen) atoms. The topological polar surface area (TPSA) is 46.5 Å². The summed E-state index contributed by atoms with van der Waals surface area (Å²) in [4.78, 5) is 14.9. The second kappa shape index (κ2) is 7.18. The fourth-order valence-corrected chi connectivity index (χ4v) is 4.16. The third-order valence-corrected chi connectivity index (χ3v) is 5.61. The van der Waals surface area contributed by atoms with Gasteiger partial charge in [-0.3, -0.25) is 9.69 Å². The summed E-state index contributed by atoms with van der Waals surface area (Å²) in [7, 11) is 2.15. The minimum absolute atomic E-state index is 0.0311. The fourth-order valence-electron chi connectivity index (χ4n) is 4.16. The number of nitrogens with zero attached hydrogens (tertiary/aromatic N) is 2. The first-order valence-corrected chi connectivity index (χ1v) is 9.42. The molecule has 0 bridgehead atoms. The zero-order valence-corrected chi connectivity index (χ0v) is 15.0. The standard InChI is InChI=1S/C20H27N3O2/c1-22-18-5-3-2-4-16(18)17-14-15(6-7-19(17)22)20(24)21-8-9-23-10-12-25-13-11-23/h6-7,14H,2-5,8-13H2,1H3,(H,21,24). The summed E-state index contributed by atoms with van der Waals surface area (Å²) in [5, 5.41) is 4.33. The number of hydrogen-bond donors (Lipinski definition) is 1. The monoisotopic (exact) mass is 341 g/mol. The Labute approximate surface area is 148 Å². The molecule has 1 aromatic heterocycles. The van der Waals surface area contributed by atoms with Crippen LogP contribution in [0.3, 0.4) is 0 Å². The van der Waals surface area contributed by atoms with Crippen molar-refractivity contribution in [3.05, 3.63) is 35.0 Å². The zero-order valence-electron chi connectivity index (χ0n) is 15.0. The fraction of sp³-hybridized carbons (Fsp3) is 0.550. The molecule has 134 valence electrons. The van der Waals surface area contributed by atoms with Crippen molar-refractivity contribution in [2.75, 3.05) is 39.4 Å². The Morgan fingerprint density at radius 3 is 2.84 bits per heavy atom. The molecule has 0 saturated carbocycles. The van der Waals surface area contributed by atoms with E-state index in [0.717, 1.165) is 51.3 Å². The number of nitrogens with one attached hydrogen (secondary N) is 1. The summed E-state index contributed by atoms with van der Waals surface area (Å²) in [5.74, 6) is 0.0311. The lowest BCUT2D eigenvalue weighted by molar-refractivity contribution is 0.0383. The van der Waals surface area contributed by atoms with Gasteiger partial charge in [-0.1, -0.05) is 0 Å². The van der Waals surface area contributed by atoms with E-state index in [2.05, 4.69) is 34.0 Å². The van der Waals surface area contributed by atoms with E-state index >= 15 is 0 Å². The van der Waals surface area contributed by atoms with Crippen LogP contribution in [0, 0.1) is 0 Å². The first-order chi connectivity index (χ1) is 12.2. The van der Waals surface area contributed by atoms with Crippen molar-refractivity contribution in [3.8, 4) is 0 Å². The van der Waals surface area contributed by atoms with E-state index in [9.17, 15) is 4.79 Å². The van der Waals surface area contributed by atoms with Gasteiger partial charge in [0, 0.05) is 55.4 Å². The number of aryl methyl sites for hydroxylation is 2. The summed E-state index contributed by atoms with van der Waals surface area (Å²) in [5.41, 5.74) is 4.92. The predicted molar refractivity (Wildman–Crippen MR) is 99.2 cm³/mol. The van der Waals surface area contributed by atoms with Crippen LogP contribution in [0.25, 0.3) is 10.9 Å². The summed E-state index contributed by atoms with van der Waals surface area (Å²) in [6.45, 7) is 5.07. The number of rotatable bonds is 4. The number of carbonyl (C=O) groups is 1. The number of aromatic nitrogens is 1. The number of carbonyl (C=O) groups excluding carboxylic acids is 1. The highest BCUT2D eigenvalue weighted by atomic mass is 16.5. The average molecular weight is 341 g/mol. The van der Waals surface area contributed by atoms with Crippen LogP contribution in [0.15, 0.2) is 18.2 Å². The molecular weight excluding hydrogens is 314 g/mol. The average Bonchev–Trinajstić information content (AvgIpc) is 2.95. The Balaban J connectivity index is 1.46. The highest BCUT2D eigenvalue weighted by Gasteiger charge is 2.19. The van der Waals surface area contributed by atoms with Crippen molar-refractivity contribution in [3.63, 3.8) is 0 Å². The molecular formula is C20H27N3O2. The van der Waals surface area contributed by atoms with Crippen LogP contribution in [-0.2, 0) is 24.6 Å². The van der Waals surface area contributed by atoms with Gasteiger partial charge in [-0.15, -0.1) is 0 Å². The lowest BCUT2D eigenvalue weighted by atomic mass is 9.95. The quantitative estimate of drug-likeness (QED) is 0.927. The van der Waals surface area contributed by atoms with E-state index in [1.165, 1.54) is 35.0 Å². The van der Waals surface area contributed by atoms with Gasteiger partial charge in [0.1, 0.15) is 0 Å². The molecule has 1 amide bonds. The molecule has 4 rings (SSSR count). The van der Waals surface area contributed by atoms with Crippen molar-refractivity contribution in [1.82, 2.24) is 14.8 Å². The van der Waals surface area contributed by atoms with Gasteiger partial charge in [-0.2, -0.15) is 0 Å². The van der Waals surface area contributed by atoms with Gasteiger partial charge in [0.05, 0.1) is 13.2 Å². The number of amides is 1. The summed E-state index contributed by atoms with van der Waals surface area (Å²) in [6.07, 6.45) is 4.81. The molecule has 1 N–H and O–H groups in total. The normalized spacial score (nSPS) is 18.3. The van der Waals surface area contributed by atoms with Gasteiger partial charge in [-0.25, -0.2) is 0 Å². The van der Waals surface area contributed by atoms with Crippen molar-refractivity contribution in [1.29, 1.82) is 0 Å². The molecule has 0 radical (unpaired) electrons. The third-order valence-electron chi connectivity index (χ3n) is 5.61. The number of benzene rings is 1. The van der Waals surface area contributed by atoms with Gasteiger partial charge in [0.15, 0.2) is 0 Å². The van der Waals surface area contributed by atoms with Crippen LogP contribution in [0.4, 0.5) is 0 Å². The molecule has 5 nitrogen and oxygen atoms in total. The summed E-state index contributed by atoms with van der Waals surface area (Å²) >= 11 is 0. The van der Waals surface area contributed by atoms with E-state index in [1.807, 2.05) is 6.07 Å². The molecule has 0 unspecified atom stereocenters. The molecule has 2 heterocycles. The Hall–Kier alpha value is -1.85. The van der Waals surface area contributed by atoms with Gasteiger partial charge in [-0.05, 0) is 49.4 Å². The third kappa shape index (κ3) is 3.31. The summed E-state index contributed by atoms with van der Waals surface area (Å²) < 4.78 is 7.66. The largest absolute Gasteiger partial charge is 0.379 e. The molecule has 2 aliphatic rings. The highest BCUT2D eigenvalue weighted by molar-refractivity contribution is 5.99. The smallest absolute Gasteiger partial charge is 0.251 e. The van der Waals surface area contributed by atoms with Crippen LogP contribution in [0.1, 0.15) is 34.5 Å². The molecule has 1 aliphatic heterocycles. The molecule has 0 spiro atoms.